The first-order chi connectivity index (χ1) is 6.20. The molecule has 1 aromatic carbocycles. The second-order valence-electron chi connectivity index (χ2n) is 3.02. The average Bonchev–Trinajstić information content (AvgIpc) is 2.15. The lowest BCUT2D eigenvalue weighted by atomic mass is 10.1. The Balaban J connectivity index is 2.50. The number of benzene rings is 1. The molecule has 0 radical (unpaired) electrons. The van der Waals surface area contributed by atoms with Crippen molar-refractivity contribution in [1.29, 1.82) is 0 Å². The molecule has 0 bridgehead atoms. The number of hydrogen-bond donors (Lipinski definition) is 1. The predicted octanol–water partition coefficient (Wildman–Crippen LogP) is 0.935. The summed E-state index contributed by atoms with van der Waals surface area (Å²) in [6, 6.07) is 9.27. The molecule has 0 aliphatic heterocycles. The summed E-state index contributed by atoms with van der Waals surface area (Å²) in [4.78, 5) is 11.5. The van der Waals surface area contributed by atoms with Gasteiger partial charge < -0.3 is 0 Å². The fourth-order valence-electron chi connectivity index (χ4n) is 0.956. The minimum absolute atomic E-state index is 0.106. The molecule has 0 aromatic heterocycles. The summed E-state index contributed by atoms with van der Waals surface area (Å²) in [5.41, 5.74) is 3.67. The number of rotatable bonds is 4. The summed E-state index contributed by atoms with van der Waals surface area (Å²) in [6.45, 7) is 0.344. The van der Waals surface area contributed by atoms with Crippen LogP contribution in [0.1, 0.15) is 10.4 Å². The number of nitrogens with one attached hydrogen (secondary N) is 1. The van der Waals surface area contributed by atoms with Crippen LogP contribution in [0.2, 0.25) is 0 Å². The zero-order valence-electron chi connectivity index (χ0n) is 7.95. The zero-order chi connectivity index (χ0) is 9.68. The lowest BCUT2D eigenvalue weighted by molar-refractivity contribution is 0.0964. The van der Waals surface area contributed by atoms with Gasteiger partial charge in [0.1, 0.15) is 0 Å². The van der Waals surface area contributed by atoms with Crippen molar-refractivity contribution in [2.45, 2.75) is 0 Å². The van der Waals surface area contributed by atoms with Crippen molar-refractivity contribution < 1.29 is 4.79 Å². The maximum atomic E-state index is 11.5. The molecule has 0 fully saturated rings. The molecule has 0 unspecified atom stereocenters. The van der Waals surface area contributed by atoms with Crippen molar-refractivity contribution in [2.24, 2.45) is 0 Å². The van der Waals surface area contributed by atoms with Gasteiger partial charge in [0.2, 0.25) is 0 Å². The Bertz CT molecular complexity index is 270. The summed E-state index contributed by atoms with van der Waals surface area (Å²) in [6.07, 6.45) is 0. The molecule has 1 aromatic rings. The van der Waals surface area contributed by atoms with Crippen LogP contribution in [0.25, 0.3) is 0 Å². The summed E-state index contributed by atoms with van der Waals surface area (Å²) in [7, 11) is 3.72. The van der Waals surface area contributed by atoms with E-state index in [1.165, 1.54) is 0 Å². The van der Waals surface area contributed by atoms with Crippen LogP contribution in [0, 0.1) is 0 Å². The van der Waals surface area contributed by atoms with Gasteiger partial charge in [-0.2, -0.15) is 0 Å². The number of hydrogen-bond acceptors (Lipinski definition) is 3. The summed E-state index contributed by atoms with van der Waals surface area (Å²) in [5.74, 6) is 0.106. The third kappa shape index (κ3) is 3.36. The van der Waals surface area contributed by atoms with Gasteiger partial charge in [0, 0.05) is 19.7 Å². The van der Waals surface area contributed by atoms with E-state index in [0.717, 1.165) is 5.56 Å². The lowest BCUT2D eigenvalue weighted by Gasteiger charge is -2.10. The van der Waals surface area contributed by atoms with Crippen LogP contribution in [0.4, 0.5) is 0 Å². The Morgan fingerprint density at radius 2 is 1.92 bits per heavy atom. The van der Waals surface area contributed by atoms with Gasteiger partial charge in [-0.15, -0.1) is 0 Å². The van der Waals surface area contributed by atoms with E-state index in [1.807, 2.05) is 44.4 Å². The highest BCUT2D eigenvalue weighted by Crippen LogP contribution is 1.98. The topological polar surface area (TPSA) is 32.3 Å². The van der Waals surface area contributed by atoms with Gasteiger partial charge in [0.05, 0.1) is 6.54 Å². The first-order valence-electron chi connectivity index (χ1n) is 4.19. The van der Waals surface area contributed by atoms with E-state index >= 15 is 0 Å². The normalized spacial score (nSPS) is 10.4. The van der Waals surface area contributed by atoms with Crippen molar-refractivity contribution in [3.8, 4) is 0 Å². The fraction of sp³-hybridized carbons (Fsp3) is 0.300. The van der Waals surface area contributed by atoms with E-state index in [4.69, 9.17) is 0 Å². The number of nitrogens with zero attached hydrogens (tertiary/aromatic N) is 1. The van der Waals surface area contributed by atoms with Gasteiger partial charge in [0.25, 0.3) is 0 Å². The van der Waals surface area contributed by atoms with E-state index in [9.17, 15) is 4.79 Å². The van der Waals surface area contributed by atoms with E-state index < -0.39 is 0 Å². The third-order valence-electron chi connectivity index (χ3n) is 1.65. The SMILES string of the molecule is CN(C)NCC(=O)c1ccccc1. The minimum Gasteiger partial charge on any atom is -0.293 e. The number of carbonyl (C=O) groups excluding carboxylic acids is 1. The molecule has 0 saturated carbocycles. The van der Waals surface area contributed by atoms with Crippen LogP contribution < -0.4 is 5.43 Å². The summed E-state index contributed by atoms with van der Waals surface area (Å²) in [5, 5.41) is 1.76. The molecular weight excluding hydrogens is 164 g/mol. The highest BCUT2D eigenvalue weighted by atomic mass is 16.1. The molecule has 1 rings (SSSR count). The second kappa shape index (κ2) is 4.74. The summed E-state index contributed by atoms with van der Waals surface area (Å²) >= 11 is 0. The van der Waals surface area contributed by atoms with Gasteiger partial charge >= 0.3 is 0 Å². The molecule has 0 amide bonds. The predicted molar refractivity (Wildman–Crippen MR) is 52.5 cm³/mol. The van der Waals surface area contributed by atoms with Gasteiger partial charge in [-0.1, -0.05) is 30.3 Å². The molecular formula is C10H14N2O. The maximum Gasteiger partial charge on any atom is 0.178 e. The first kappa shape index (κ1) is 9.89. The van der Waals surface area contributed by atoms with Crippen molar-refractivity contribution in [3.05, 3.63) is 35.9 Å². The van der Waals surface area contributed by atoms with Crippen LogP contribution in [-0.4, -0.2) is 31.4 Å². The molecule has 0 aliphatic rings. The molecule has 13 heavy (non-hydrogen) atoms. The van der Waals surface area contributed by atoms with Gasteiger partial charge in [-0.25, -0.2) is 5.43 Å². The standard InChI is InChI=1S/C10H14N2O/c1-12(2)11-8-10(13)9-6-4-3-5-7-9/h3-7,11H,8H2,1-2H3. The fourth-order valence-corrected chi connectivity index (χ4v) is 0.956. The third-order valence-corrected chi connectivity index (χ3v) is 1.65. The van der Waals surface area contributed by atoms with Crippen molar-refractivity contribution in [3.63, 3.8) is 0 Å². The van der Waals surface area contributed by atoms with Gasteiger partial charge in [0.15, 0.2) is 5.78 Å². The zero-order valence-corrected chi connectivity index (χ0v) is 7.95. The molecule has 3 nitrogen and oxygen atoms in total. The largest absolute Gasteiger partial charge is 0.293 e. The van der Waals surface area contributed by atoms with Gasteiger partial charge in [-0.05, 0) is 0 Å². The average molecular weight is 178 g/mol. The smallest absolute Gasteiger partial charge is 0.178 e. The van der Waals surface area contributed by atoms with E-state index in [-0.39, 0.29) is 5.78 Å². The van der Waals surface area contributed by atoms with Crippen LogP contribution in [0.3, 0.4) is 0 Å². The second-order valence-corrected chi connectivity index (χ2v) is 3.02. The Morgan fingerprint density at radius 1 is 1.31 bits per heavy atom. The Kier molecular flexibility index (Phi) is 3.61. The lowest BCUT2D eigenvalue weighted by Crippen LogP contribution is -2.34. The monoisotopic (exact) mass is 178 g/mol. The highest BCUT2D eigenvalue weighted by Gasteiger charge is 2.03. The van der Waals surface area contributed by atoms with Crippen molar-refractivity contribution in [2.75, 3.05) is 20.6 Å². The molecule has 1 N–H and O–H groups in total. The Labute approximate surface area is 78.3 Å². The molecule has 0 aliphatic carbocycles. The van der Waals surface area contributed by atoms with Crippen LogP contribution in [-0.2, 0) is 0 Å². The highest BCUT2D eigenvalue weighted by molar-refractivity contribution is 5.97. The molecule has 0 heterocycles. The molecule has 0 atom stereocenters. The molecule has 3 heteroatoms. The quantitative estimate of drug-likeness (QED) is 0.550. The molecule has 70 valence electrons. The van der Waals surface area contributed by atoms with Gasteiger partial charge in [-0.3, -0.25) is 9.80 Å². The molecule has 0 saturated heterocycles. The number of carbonyl (C=O) groups is 1. The van der Waals surface area contributed by atoms with Crippen molar-refractivity contribution in [1.82, 2.24) is 10.4 Å². The minimum atomic E-state index is 0.106. The van der Waals surface area contributed by atoms with E-state index in [1.54, 1.807) is 5.01 Å². The van der Waals surface area contributed by atoms with E-state index in [2.05, 4.69) is 5.43 Å². The van der Waals surface area contributed by atoms with Crippen LogP contribution in [0.15, 0.2) is 30.3 Å². The Morgan fingerprint density at radius 3 is 2.46 bits per heavy atom. The van der Waals surface area contributed by atoms with Crippen LogP contribution >= 0.6 is 0 Å². The number of ketones is 1. The summed E-state index contributed by atoms with van der Waals surface area (Å²) < 4.78 is 0. The first-order valence-corrected chi connectivity index (χ1v) is 4.19. The molecule has 0 spiro atoms. The number of hydrazine groups is 1. The van der Waals surface area contributed by atoms with Crippen molar-refractivity contribution >= 4 is 5.78 Å². The van der Waals surface area contributed by atoms with Crippen LogP contribution in [0.5, 0.6) is 0 Å². The Hall–Kier alpha value is -1.19. The van der Waals surface area contributed by atoms with E-state index in [0.29, 0.717) is 6.54 Å². The number of Topliss-reactive ketones (excluding diaryl/α,β-unsaturated/α-hetero) is 1. The maximum absolute atomic E-state index is 11.5.